The van der Waals surface area contributed by atoms with Gasteiger partial charge in [0.15, 0.2) is 0 Å². The van der Waals surface area contributed by atoms with Crippen molar-refractivity contribution in [2.24, 2.45) is 0 Å². The largest absolute Gasteiger partial charge is 0.313 e. The maximum Gasteiger partial charge on any atom is 0.0229 e. The molecule has 0 amide bonds. The van der Waals surface area contributed by atoms with Gasteiger partial charge in [0.25, 0.3) is 0 Å². The summed E-state index contributed by atoms with van der Waals surface area (Å²) in [4.78, 5) is 4.96. The first-order valence-corrected chi connectivity index (χ1v) is 6.20. The summed E-state index contributed by atoms with van der Waals surface area (Å²) in [6.45, 7) is 10.3. The molecule has 0 radical (unpaired) electrons. The monoisotopic (exact) mass is 213 g/mol. The molecule has 90 valence electrons. The van der Waals surface area contributed by atoms with E-state index in [4.69, 9.17) is 0 Å². The topological polar surface area (TPSA) is 18.5 Å². The molecule has 1 rings (SSSR count). The number of nitrogens with one attached hydrogen (secondary N) is 1. The van der Waals surface area contributed by atoms with E-state index in [0.29, 0.717) is 12.1 Å². The van der Waals surface area contributed by atoms with Crippen molar-refractivity contribution in [2.75, 3.05) is 33.7 Å². The van der Waals surface area contributed by atoms with Crippen molar-refractivity contribution in [3.8, 4) is 0 Å². The zero-order chi connectivity index (χ0) is 11.4. The first-order valence-electron chi connectivity index (χ1n) is 6.20. The Labute approximate surface area is 94.8 Å². The van der Waals surface area contributed by atoms with Gasteiger partial charge >= 0.3 is 0 Å². The highest BCUT2D eigenvalue weighted by atomic mass is 15.3. The third-order valence-electron chi connectivity index (χ3n) is 3.75. The standard InChI is InChI=1S/C12H27N3/c1-6-13-10(2)11(3)15-8-7-12(9-15)14(4)5/h10-13H,6-9H2,1-5H3. The third-order valence-corrected chi connectivity index (χ3v) is 3.75. The van der Waals surface area contributed by atoms with Gasteiger partial charge in [-0.1, -0.05) is 6.92 Å². The lowest BCUT2D eigenvalue weighted by atomic mass is 10.1. The molecule has 3 atom stereocenters. The van der Waals surface area contributed by atoms with Crippen LogP contribution in [0.4, 0.5) is 0 Å². The van der Waals surface area contributed by atoms with Crippen LogP contribution in [0, 0.1) is 0 Å². The Kier molecular flexibility index (Phi) is 5.03. The molecule has 1 aliphatic heterocycles. The van der Waals surface area contributed by atoms with Gasteiger partial charge in [0, 0.05) is 31.2 Å². The molecule has 0 saturated carbocycles. The average Bonchev–Trinajstić information content (AvgIpc) is 2.65. The predicted molar refractivity (Wildman–Crippen MR) is 66.3 cm³/mol. The van der Waals surface area contributed by atoms with E-state index in [0.717, 1.165) is 12.6 Å². The maximum absolute atomic E-state index is 3.51. The van der Waals surface area contributed by atoms with Gasteiger partial charge in [-0.05, 0) is 40.9 Å². The number of likely N-dealkylation sites (N-methyl/N-ethyl adjacent to an activating group) is 2. The molecule has 0 aromatic rings. The van der Waals surface area contributed by atoms with Gasteiger partial charge < -0.3 is 10.2 Å². The summed E-state index contributed by atoms with van der Waals surface area (Å²) in [5, 5.41) is 3.51. The minimum absolute atomic E-state index is 0.593. The van der Waals surface area contributed by atoms with E-state index in [1.807, 2.05) is 0 Å². The molecule has 0 spiro atoms. The van der Waals surface area contributed by atoms with Crippen LogP contribution >= 0.6 is 0 Å². The second-order valence-electron chi connectivity index (χ2n) is 4.99. The van der Waals surface area contributed by atoms with Crippen LogP contribution in [-0.2, 0) is 0 Å². The minimum atomic E-state index is 0.593. The highest BCUT2D eigenvalue weighted by Gasteiger charge is 2.29. The highest BCUT2D eigenvalue weighted by molar-refractivity contribution is 4.87. The number of hydrogen-bond acceptors (Lipinski definition) is 3. The molecule has 0 aromatic heterocycles. The highest BCUT2D eigenvalue weighted by Crippen LogP contribution is 2.17. The zero-order valence-corrected chi connectivity index (χ0v) is 11.0. The zero-order valence-electron chi connectivity index (χ0n) is 11.0. The smallest absolute Gasteiger partial charge is 0.0229 e. The summed E-state index contributed by atoms with van der Waals surface area (Å²) in [6.07, 6.45) is 1.32. The first kappa shape index (κ1) is 12.9. The van der Waals surface area contributed by atoms with Crippen LogP contribution in [0.2, 0.25) is 0 Å². The normalized spacial score (nSPS) is 27.2. The molecular formula is C12H27N3. The summed E-state index contributed by atoms with van der Waals surface area (Å²) < 4.78 is 0. The van der Waals surface area contributed by atoms with Crippen molar-refractivity contribution in [1.29, 1.82) is 0 Å². The fourth-order valence-corrected chi connectivity index (χ4v) is 2.37. The predicted octanol–water partition coefficient (Wildman–Crippen LogP) is 1.01. The quantitative estimate of drug-likeness (QED) is 0.735. The lowest BCUT2D eigenvalue weighted by molar-refractivity contribution is 0.195. The molecule has 3 nitrogen and oxygen atoms in total. The van der Waals surface area contributed by atoms with Crippen LogP contribution in [0.1, 0.15) is 27.2 Å². The summed E-state index contributed by atoms with van der Waals surface area (Å²) in [5.74, 6) is 0. The number of nitrogens with zero attached hydrogens (tertiary/aromatic N) is 2. The van der Waals surface area contributed by atoms with Crippen LogP contribution in [0.5, 0.6) is 0 Å². The molecule has 0 aromatic carbocycles. The lowest BCUT2D eigenvalue weighted by Gasteiger charge is -2.30. The van der Waals surface area contributed by atoms with Crippen LogP contribution in [0.3, 0.4) is 0 Å². The molecule has 3 heteroatoms. The van der Waals surface area contributed by atoms with E-state index in [2.05, 4.69) is 50.0 Å². The Morgan fingerprint density at radius 1 is 1.40 bits per heavy atom. The molecule has 1 heterocycles. The summed E-state index contributed by atoms with van der Waals surface area (Å²) >= 11 is 0. The molecule has 1 fully saturated rings. The number of rotatable bonds is 5. The van der Waals surface area contributed by atoms with E-state index < -0.39 is 0 Å². The van der Waals surface area contributed by atoms with E-state index >= 15 is 0 Å². The van der Waals surface area contributed by atoms with E-state index in [1.54, 1.807) is 0 Å². The maximum atomic E-state index is 3.51. The van der Waals surface area contributed by atoms with Gasteiger partial charge in [-0.3, -0.25) is 4.90 Å². The van der Waals surface area contributed by atoms with Crippen LogP contribution in [-0.4, -0.2) is 61.7 Å². The Hall–Kier alpha value is -0.120. The molecule has 1 saturated heterocycles. The van der Waals surface area contributed by atoms with E-state index in [9.17, 15) is 0 Å². The lowest BCUT2D eigenvalue weighted by Crippen LogP contribution is -2.46. The summed E-state index contributed by atoms with van der Waals surface area (Å²) in [5.41, 5.74) is 0. The van der Waals surface area contributed by atoms with Gasteiger partial charge in [0.2, 0.25) is 0 Å². The Morgan fingerprint density at radius 2 is 2.07 bits per heavy atom. The van der Waals surface area contributed by atoms with E-state index in [-0.39, 0.29) is 0 Å². The van der Waals surface area contributed by atoms with Crippen molar-refractivity contribution in [1.82, 2.24) is 15.1 Å². The van der Waals surface area contributed by atoms with Crippen molar-refractivity contribution >= 4 is 0 Å². The van der Waals surface area contributed by atoms with E-state index in [1.165, 1.54) is 19.5 Å². The second kappa shape index (κ2) is 5.83. The Balaban J connectivity index is 2.39. The average molecular weight is 213 g/mol. The fourth-order valence-electron chi connectivity index (χ4n) is 2.37. The minimum Gasteiger partial charge on any atom is -0.313 e. The fraction of sp³-hybridized carbons (Fsp3) is 1.00. The molecular weight excluding hydrogens is 186 g/mol. The van der Waals surface area contributed by atoms with Crippen molar-refractivity contribution in [3.05, 3.63) is 0 Å². The molecule has 1 aliphatic rings. The third kappa shape index (κ3) is 3.44. The van der Waals surface area contributed by atoms with Crippen molar-refractivity contribution in [3.63, 3.8) is 0 Å². The SMILES string of the molecule is CCNC(C)C(C)N1CCC(N(C)C)C1. The van der Waals surface area contributed by atoms with Gasteiger partial charge in [-0.2, -0.15) is 0 Å². The molecule has 3 unspecified atom stereocenters. The van der Waals surface area contributed by atoms with Gasteiger partial charge in [0.1, 0.15) is 0 Å². The molecule has 1 N–H and O–H groups in total. The van der Waals surface area contributed by atoms with Crippen LogP contribution in [0.25, 0.3) is 0 Å². The van der Waals surface area contributed by atoms with Crippen LogP contribution < -0.4 is 5.32 Å². The molecule has 15 heavy (non-hydrogen) atoms. The molecule has 0 aliphatic carbocycles. The molecule has 0 bridgehead atoms. The van der Waals surface area contributed by atoms with Gasteiger partial charge in [0.05, 0.1) is 0 Å². The van der Waals surface area contributed by atoms with Crippen molar-refractivity contribution < 1.29 is 0 Å². The Morgan fingerprint density at radius 3 is 2.53 bits per heavy atom. The Bertz CT molecular complexity index is 182. The van der Waals surface area contributed by atoms with Crippen molar-refractivity contribution in [2.45, 2.75) is 45.3 Å². The van der Waals surface area contributed by atoms with Crippen LogP contribution in [0.15, 0.2) is 0 Å². The summed E-state index contributed by atoms with van der Waals surface area (Å²) in [6, 6.07) is 1.99. The second-order valence-corrected chi connectivity index (χ2v) is 4.99. The number of hydrogen-bond donors (Lipinski definition) is 1. The van der Waals surface area contributed by atoms with Gasteiger partial charge in [-0.25, -0.2) is 0 Å². The number of likely N-dealkylation sites (tertiary alicyclic amines) is 1. The summed E-state index contributed by atoms with van der Waals surface area (Å²) in [7, 11) is 4.37. The first-order chi connectivity index (χ1) is 7.06. The van der Waals surface area contributed by atoms with Gasteiger partial charge in [-0.15, -0.1) is 0 Å².